The zero-order valence-corrected chi connectivity index (χ0v) is 10.8. The number of nitrogens with zero attached hydrogens (tertiary/aromatic N) is 1. The average molecular weight is 240 g/mol. The highest BCUT2D eigenvalue weighted by molar-refractivity contribution is 5.67. The summed E-state index contributed by atoms with van der Waals surface area (Å²) in [6, 6.07) is 0. The van der Waals surface area contributed by atoms with Crippen molar-refractivity contribution >= 4 is 6.09 Å². The molecule has 0 aromatic heterocycles. The molecule has 0 unspecified atom stereocenters. The number of hydrogen-bond donors (Lipinski definition) is 1. The van der Waals surface area contributed by atoms with E-state index in [2.05, 4.69) is 12.2 Å². The highest BCUT2D eigenvalue weighted by Gasteiger charge is 2.37. The van der Waals surface area contributed by atoms with Crippen LogP contribution in [0.2, 0.25) is 0 Å². The maximum atomic E-state index is 11.8. The van der Waals surface area contributed by atoms with Gasteiger partial charge in [-0.05, 0) is 38.6 Å². The Kier molecular flexibility index (Phi) is 4.26. The van der Waals surface area contributed by atoms with Gasteiger partial charge >= 0.3 is 6.09 Å². The Labute approximate surface area is 104 Å². The molecular weight excluding hydrogens is 216 g/mol. The van der Waals surface area contributed by atoms with Crippen molar-refractivity contribution in [3.05, 3.63) is 0 Å². The third-order valence-corrected chi connectivity index (χ3v) is 4.03. The molecule has 0 aromatic rings. The number of hydrogen-bond acceptors (Lipinski definition) is 3. The average Bonchev–Trinajstić information content (AvgIpc) is 2.79. The summed E-state index contributed by atoms with van der Waals surface area (Å²) in [5, 5.41) is 3.60. The van der Waals surface area contributed by atoms with E-state index in [0.29, 0.717) is 12.1 Å². The molecule has 2 aliphatic rings. The maximum Gasteiger partial charge on any atom is 0.409 e. The van der Waals surface area contributed by atoms with Gasteiger partial charge in [-0.2, -0.15) is 0 Å². The highest BCUT2D eigenvalue weighted by Crippen LogP contribution is 2.30. The Morgan fingerprint density at radius 2 is 2.12 bits per heavy atom. The van der Waals surface area contributed by atoms with E-state index in [1.807, 2.05) is 4.90 Å². The largest absolute Gasteiger partial charge is 0.449 e. The zero-order valence-electron chi connectivity index (χ0n) is 10.8. The van der Waals surface area contributed by atoms with Crippen molar-refractivity contribution < 1.29 is 9.53 Å². The van der Waals surface area contributed by atoms with Gasteiger partial charge in [-0.15, -0.1) is 0 Å². The summed E-state index contributed by atoms with van der Waals surface area (Å²) in [6.07, 6.45) is 6.62. The standard InChI is InChI=1S/C13H24N2O2/c1-2-3-11-17-12(16)15-9-6-13(7-10-15)5-4-8-14-13/h14H,2-11H2,1H3. The number of nitrogens with one attached hydrogen (secondary N) is 1. The molecule has 1 N–H and O–H groups in total. The van der Waals surface area contributed by atoms with Crippen molar-refractivity contribution in [3.63, 3.8) is 0 Å². The number of piperidine rings is 1. The Hall–Kier alpha value is -0.770. The molecule has 0 aromatic carbocycles. The summed E-state index contributed by atoms with van der Waals surface area (Å²) in [5.74, 6) is 0. The number of ether oxygens (including phenoxy) is 1. The first-order valence-electron chi connectivity index (χ1n) is 6.92. The molecule has 0 atom stereocenters. The van der Waals surface area contributed by atoms with E-state index in [1.165, 1.54) is 12.8 Å². The number of rotatable bonds is 3. The van der Waals surface area contributed by atoms with Crippen LogP contribution < -0.4 is 5.32 Å². The minimum absolute atomic E-state index is 0.119. The molecule has 2 heterocycles. The van der Waals surface area contributed by atoms with Gasteiger partial charge in [0, 0.05) is 18.6 Å². The number of carbonyl (C=O) groups excluding carboxylic acids is 1. The van der Waals surface area contributed by atoms with E-state index in [4.69, 9.17) is 4.74 Å². The van der Waals surface area contributed by atoms with Crippen LogP contribution >= 0.6 is 0 Å². The Morgan fingerprint density at radius 1 is 1.35 bits per heavy atom. The third-order valence-electron chi connectivity index (χ3n) is 4.03. The van der Waals surface area contributed by atoms with Gasteiger partial charge < -0.3 is 15.0 Å². The quantitative estimate of drug-likeness (QED) is 0.768. The second kappa shape index (κ2) is 5.71. The molecule has 1 amide bonds. The molecule has 1 spiro atoms. The van der Waals surface area contributed by atoms with Crippen LogP contribution in [0.3, 0.4) is 0 Å². The van der Waals surface area contributed by atoms with Crippen molar-refractivity contribution in [3.8, 4) is 0 Å². The van der Waals surface area contributed by atoms with Gasteiger partial charge in [0.05, 0.1) is 6.61 Å². The van der Waals surface area contributed by atoms with Crippen LogP contribution in [0.4, 0.5) is 4.79 Å². The molecule has 17 heavy (non-hydrogen) atoms. The van der Waals surface area contributed by atoms with Crippen LogP contribution in [0.1, 0.15) is 45.4 Å². The lowest BCUT2D eigenvalue weighted by atomic mass is 9.86. The van der Waals surface area contributed by atoms with E-state index in [0.717, 1.165) is 45.3 Å². The van der Waals surface area contributed by atoms with Crippen LogP contribution in [-0.4, -0.2) is 42.8 Å². The van der Waals surface area contributed by atoms with Gasteiger partial charge in [-0.3, -0.25) is 0 Å². The van der Waals surface area contributed by atoms with Gasteiger partial charge in [0.1, 0.15) is 0 Å². The van der Waals surface area contributed by atoms with Crippen molar-refractivity contribution in [2.75, 3.05) is 26.2 Å². The minimum atomic E-state index is -0.119. The van der Waals surface area contributed by atoms with Crippen LogP contribution in [0.15, 0.2) is 0 Å². The van der Waals surface area contributed by atoms with Gasteiger partial charge in [-0.25, -0.2) is 4.79 Å². The summed E-state index contributed by atoms with van der Waals surface area (Å²) in [6.45, 7) is 5.50. The molecule has 0 aliphatic carbocycles. The lowest BCUT2D eigenvalue weighted by Crippen LogP contribution is -2.51. The predicted molar refractivity (Wildman–Crippen MR) is 67.0 cm³/mol. The smallest absolute Gasteiger partial charge is 0.409 e. The second-order valence-electron chi connectivity index (χ2n) is 5.27. The van der Waals surface area contributed by atoms with Crippen LogP contribution in [0.25, 0.3) is 0 Å². The van der Waals surface area contributed by atoms with Crippen molar-refractivity contribution in [1.82, 2.24) is 10.2 Å². The normalized spacial score (nSPS) is 23.0. The first kappa shape index (κ1) is 12.7. The highest BCUT2D eigenvalue weighted by atomic mass is 16.6. The summed E-state index contributed by atoms with van der Waals surface area (Å²) < 4.78 is 5.24. The molecule has 2 saturated heterocycles. The fourth-order valence-corrected chi connectivity index (χ4v) is 2.81. The van der Waals surface area contributed by atoms with E-state index in [9.17, 15) is 4.79 Å². The topological polar surface area (TPSA) is 41.6 Å². The molecule has 2 rings (SSSR count). The number of amides is 1. The van der Waals surface area contributed by atoms with Gasteiger partial charge in [0.25, 0.3) is 0 Å². The molecule has 0 radical (unpaired) electrons. The minimum Gasteiger partial charge on any atom is -0.449 e. The summed E-state index contributed by atoms with van der Waals surface area (Å²) >= 11 is 0. The fourth-order valence-electron chi connectivity index (χ4n) is 2.81. The second-order valence-corrected chi connectivity index (χ2v) is 5.27. The lowest BCUT2D eigenvalue weighted by Gasteiger charge is -2.39. The summed E-state index contributed by atoms with van der Waals surface area (Å²) in [4.78, 5) is 13.6. The molecule has 0 bridgehead atoms. The van der Waals surface area contributed by atoms with Crippen LogP contribution in [-0.2, 0) is 4.74 Å². The molecule has 0 saturated carbocycles. The number of likely N-dealkylation sites (tertiary alicyclic amines) is 1. The van der Waals surface area contributed by atoms with Crippen molar-refractivity contribution in [2.24, 2.45) is 0 Å². The van der Waals surface area contributed by atoms with E-state index >= 15 is 0 Å². The first-order chi connectivity index (χ1) is 8.26. The SMILES string of the molecule is CCCCOC(=O)N1CCC2(CCCN2)CC1. The van der Waals surface area contributed by atoms with Gasteiger partial charge in [0.15, 0.2) is 0 Å². The predicted octanol–water partition coefficient (Wildman–Crippen LogP) is 2.14. The van der Waals surface area contributed by atoms with Crippen molar-refractivity contribution in [1.29, 1.82) is 0 Å². The van der Waals surface area contributed by atoms with Crippen LogP contribution in [0, 0.1) is 0 Å². The van der Waals surface area contributed by atoms with Gasteiger partial charge in [-0.1, -0.05) is 13.3 Å². The number of carbonyl (C=O) groups is 1. The molecule has 2 aliphatic heterocycles. The summed E-state index contributed by atoms with van der Waals surface area (Å²) in [7, 11) is 0. The van der Waals surface area contributed by atoms with E-state index in [1.54, 1.807) is 0 Å². The Balaban J connectivity index is 1.72. The fraction of sp³-hybridized carbons (Fsp3) is 0.923. The van der Waals surface area contributed by atoms with Gasteiger partial charge in [0.2, 0.25) is 0 Å². The molecular formula is C13H24N2O2. The first-order valence-corrected chi connectivity index (χ1v) is 6.92. The van der Waals surface area contributed by atoms with E-state index < -0.39 is 0 Å². The van der Waals surface area contributed by atoms with E-state index in [-0.39, 0.29) is 6.09 Å². The Bertz CT molecular complexity index is 252. The molecule has 98 valence electrons. The molecule has 2 fully saturated rings. The monoisotopic (exact) mass is 240 g/mol. The zero-order chi connectivity index (χ0) is 12.1. The lowest BCUT2D eigenvalue weighted by molar-refractivity contribution is 0.0795. The summed E-state index contributed by atoms with van der Waals surface area (Å²) in [5.41, 5.74) is 0.334. The number of unbranched alkanes of at least 4 members (excludes halogenated alkanes) is 1. The molecule has 4 heteroatoms. The van der Waals surface area contributed by atoms with Crippen LogP contribution in [0.5, 0.6) is 0 Å². The Morgan fingerprint density at radius 3 is 2.71 bits per heavy atom. The third kappa shape index (κ3) is 3.12. The molecule has 4 nitrogen and oxygen atoms in total. The van der Waals surface area contributed by atoms with Crippen molar-refractivity contribution in [2.45, 2.75) is 51.0 Å². The maximum absolute atomic E-state index is 11.8.